The molecule has 0 radical (unpaired) electrons. The molecule has 26 heavy (non-hydrogen) atoms. The summed E-state index contributed by atoms with van der Waals surface area (Å²) in [6.07, 6.45) is -0.751. The maximum atomic E-state index is 12.2. The van der Waals surface area contributed by atoms with Crippen LogP contribution in [0.3, 0.4) is 0 Å². The number of anilines is 1. The van der Waals surface area contributed by atoms with Crippen molar-refractivity contribution in [3.05, 3.63) is 29.8 Å². The number of amides is 3. The summed E-state index contributed by atoms with van der Waals surface area (Å²) < 4.78 is 33.2. The quantitative estimate of drug-likeness (QED) is 0.109. The van der Waals surface area contributed by atoms with E-state index in [-0.39, 0.29) is 45.5 Å². The molecule has 2 rings (SSSR count). The second kappa shape index (κ2) is 9.37. The van der Waals surface area contributed by atoms with Crippen molar-refractivity contribution in [3.63, 3.8) is 0 Å². The van der Waals surface area contributed by atoms with E-state index in [1.54, 1.807) is 0 Å². The van der Waals surface area contributed by atoms with Crippen LogP contribution in [-0.4, -0.2) is 57.6 Å². The van der Waals surface area contributed by atoms with E-state index in [1.807, 2.05) is 22.6 Å². The molecule has 12 heteroatoms. The predicted molar refractivity (Wildman–Crippen MR) is 93.1 cm³/mol. The fourth-order valence-corrected chi connectivity index (χ4v) is 3.12. The molecule has 1 aromatic carbocycles. The van der Waals surface area contributed by atoms with Crippen LogP contribution < -0.4 is 34.9 Å². The Morgan fingerprint density at radius 2 is 1.81 bits per heavy atom. The molecule has 0 aliphatic carbocycles. The molecule has 1 saturated heterocycles. The minimum atomic E-state index is -4.95. The molecule has 1 atom stereocenters. The van der Waals surface area contributed by atoms with Crippen LogP contribution in [0.25, 0.3) is 0 Å². The SMILES string of the molecule is O=C(CI)Nc1ccc(C(=O)CN2C(=O)CC(S(=O)(=O)[O-])C2=O)cc1.[Na+]. The normalized spacial score (nSPS) is 17.0. The number of alkyl halides is 1. The fourth-order valence-electron chi connectivity index (χ4n) is 2.21. The number of nitrogens with one attached hydrogen (secondary N) is 1. The standard InChI is InChI=1S/C14H13IN2O7S.Na/c15-6-12(19)16-9-3-1-8(2-4-9)10(18)7-17-13(20)5-11(14(17)21)25(22,23)24;/h1-4,11H,5-7H2,(H,16,19)(H,22,23,24);/q;+1/p-1. The molecule has 1 unspecified atom stereocenters. The third kappa shape index (κ3) is 5.57. The summed E-state index contributed by atoms with van der Waals surface area (Å²) in [5, 5.41) is 0.616. The van der Waals surface area contributed by atoms with Crippen molar-refractivity contribution in [1.29, 1.82) is 0 Å². The van der Waals surface area contributed by atoms with Crippen molar-refractivity contribution < 1.29 is 61.7 Å². The number of hydrogen-bond acceptors (Lipinski definition) is 7. The van der Waals surface area contributed by atoms with E-state index in [1.165, 1.54) is 24.3 Å². The summed E-state index contributed by atoms with van der Waals surface area (Å²) in [6.45, 7) is -0.650. The molecule has 1 fully saturated rings. The van der Waals surface area contributed by atoms with Gasteiger partial charge in [0, 0.05) is 11.3 Å². The predicted octanol–water partition coefficient (Wildman–Crippen LogP) is -3.08. The van der Waals surface area contributed by atoms with E-state index in [0.717, 1.165) is 0 Å². The second-order valence-electron chi connectivity index (χ2n) is 5.19. The van der Waals surface area contributed by atoms with E-state index in [0.29, 0.717) is 10.6 Å². The van der Waals surface area contributed by atoms with Crippen LogP contribution in [0.4, 0.5) is 5.69 Å². The monoisotopic (exact) mass is 502 g/mol. The number of halogens is 1. The average molecular weight is 502 g/mol. The first-order chi connectivity index (χ1) is 11.6. The Kier molecular flexibility index (Phi) is 8.35. The van der Waals surface area contributed by atoms with Gasteiger partial charge >= 0.3 is 29.6 Å². The number of imide groups is 1. The zero-order valence-corrected chi connectivity index (χ0v) is 18.6. The molecule has 0 aromatic heterocycles. The number of benzene rings is 1. The largest absolute Gasteiger partial charge is 1.00 e. The summed E-state index contributed by atoms with van der Waals surface area (Å²) in [5.41, 5.74) is 0.644. The first kappa shape index (κ1) is 23.2. The molecule has 9 nitrogen and oxygen atoms in total. The van der Waals surface area contributed by atoms with Crippen molar-refractivity contribution in [1.82, 2.24) is 4.90 Å². The summed E-state index contributed by atoms with van der Waals surface area (Å²) in [5.74, 6) is -2.87. The summed E-state index contributed by atoms with van der Waals surface area (Å²) in [7, 11) is -4.95. The molecule has 1 aromatic rings. The van der Waals surface area contributed by atoms with Gasteiger partial charge in [0.05, 0.1) is 17.4 Å². The Balaban J connectivity index is 0.00000338. The van der Waals surface area contributed by atoms with Crippen molar-refractivity contribution in [2.24, 2.45) is 0 Å². The Hall–Kier alpha value is -0.860. The topological polar surface area (TPSA) is 141 Å². The number of rotatable bonds is 6. The van der Waals surface area contributed by atoms with Gasteiger partial charge in [-0.2, -0.15) is 0 Å². The van der Waals surface area contributed by atoms with E-state index in [9.17, 15) is 32.1 Å². The maximum absolute atomic E-state index is 12.2. The molecule has 0 saturated carbocycles. The van der Waals surface area contributed by atoms with Crippen molar-refractivity contribution >= 4 is 61.9 Å². The number of hydrogen-bond donors (Lipinski definition) is 1. The Morgan fingerprint density at radius 1 is 1.23 bits per heavy atom. The minimum absolute atomic E-state index is 0. The first-order valence-corrected chi connectivity index (χ1v) is 9.91. The van der Waals surface area contributed by atoms with Gasteiger partial charge in [0.25, 0.3) is 0 Å². The Bertz CT molecular complexity index is 841. The average Bonchev–Trinajstić information content (AvgIpc) is 2.83. The molecule has 1 aliphatic rings. The van der Waals surface area contributed by atoms with Gasteiger partial charge < -0.3 is 9.87 Å². The number of ketones is 1. The molecule has 0 bridgehead atoms. The Morgan fingerprint density at radius 3 is 2.27 bits per heavy atom. The molecule has 3 amide bonds. The van der Waals surface area contributed by atoms with Gasteiger partial charge in [-0.3, -0.25) is 24.1 Å². The minimum Gasteiger partial charge on any atom is -0.747 e. The fraction of sp³-hybridized carbons (Fsp3) is 0.286. The van der Waals surface area contributed by atoms with Gasteiger partial charge in [-0.15, -0.1) is 0 Å². The summed E-state index contributed by atoms with van der Waals surface area (Å²) in [6, 6.07) is 5.77. The zero-order valence-electron chi connectivity index (χ0n) is 13.6. The molecule has 1 aliphatic heterocycles. The summed E-state index contributed by atoms with van der Waals surface area (Å²) >= 11 is 1.90. The van der Waals surface area contributed by atoms with Crippen LogP contribution in [0.5, 0.6) is 0 Å². The van der Waals surface area contributed by atoms with Gasteiger partial charge in [-0.1, -0.05) is 22.6 Å². The molecule has 1 N–H and O–H groups in total. The van der Waals surface area contributed by atoms with E-state index < -0.39 is 45.9 Å². The number of nitrogens with zero attached hydrogens (tertiary/aromatic N) is 1. The van der Waals surface area contributed by atoms with Gasteiger partial charge in [-0.05, 0) is 24.3 Å². The van der Waals surface area contributed by atoms with Crippen molar-refractivity contribution in [2.75, 3.05) is 16.3 Å². The first-order valence-electron chi connectivity index (χ1n) is 6.91. The van der Waals surface area contributed by atoms with Crippen LogP contribution in [0.15, 0.2) is 24.3 Å². The maximum Gasteiger partial charge on any atom is 1.00 e. The smallest absolute Gasteiger partial charge is 0.747 e. The molecule has 1 heterocycles. The van der Waals surface area contributed by atoms with Gasteiger partial charge in [0.2, 0.25) is 17.7 Å². The van der Waals surface area contributed by atoms with Crippen LogP contribution in [0.2, 0.25) is 0 Å². The molecular weight excluding hydrogens is 490 g/mol. The number of carbonyl (C=O) groups is 4. The van der Waals surface area contributed by atoms with Crippen LogP contribution >= 0.6 is 22.6 Å². The van der Waals surface area contributed by atoms with Crippen LogP contribution in [0.1, 0.15) is 16.8 Å². The molecular formula is C14H12IN2NaO7S. The third-order valence-electron chi connectivity index (χ3n) is 3.46. The van der Waals surface area contributed by atoms with Gasteiger partial charge in [0.15, 0.2) is 5.78 Å². The van der Waals surface area contributed by atoms with E-state index in [4.69, 9.17) is 0 Å². The third-order valence-corrected chi connectivity index (χ3v) is 5.22. The van der Waals surface area contributed by atoms with Crippen LogP contribution in [-0.2, 0) is 24.5 Å². The van der Waals surface area contributed by atoms with Crippen molar-refractivity contribution in [2.45, 2.75) is 11.7 Å². The van der Waals surface area contributed by atoms with E-state index in [2.05, 4.69) is 5.32 Å². The van der Waals surface area contributed by atoms with Crippen molar-refractivity contribution in [3.8, 4) is 0 Å². The molecule has 0 spiro atoms. The number of likely N-dealkylation sites (tertiary alicyclic amines) is 1. The zero-order chi connectivity index (χ0) is 18.8. The molecule has 134 valence electrons. The number of Topliss-reactive ketones (excluding diaryl/α,β-unsaturated/α-hetero) is 1. The van der Waals surface area contributed by atoms with Gasteiger partial charge in [-0.25, -0.2) is 8.42 Å². The van der Waals surface area contributed by atoms with Crippen LogP contribution in [0, 0.1) is 0 Å². The second-order valence-corrected chi connectivity index (χ2v) is 7.50. The Labute approximate surface area is 185 Å². The van der Waals surface area contributed by atoms with Gasteiger partial charge in [0.1, 0.15) is 15.4 Å². The summed E-state index contributed by atoms with van der Waals surface area (Å²) in [4.78, 5) is 47.5. The van der Waals surface area contributed by atoms with E-state index >= 15 is 0 Å². The number of carbonyl (C=O) groups excluding carboxylic acids is 4.